The molecule has 0 fully saturated rings. The molecule has 0 unspecified atom stereocenters. The van der Waals surface area contributed by atoms with Crippen molar-refractivity contribution >= 4 is 49.2 Å². The summed E-state index contributed by atoms with van der Waals surface area (Å²) in [5, 5.41) is 12.8. The van der Waals surface area contributed by atoms with Gasteiger partial charge in [-0.25, -0.2) is 8.42 Å². The van der Waals surface area contributed by atoms with E-state index in [4.69, 9.17) is 16.7 Å². The summed E-state index contributed by atoms with van der Waals surface area (Å²) in [5.74, 6) is -1.11. The standard InChI is InChI=1S/C11H9BrClN3O4S/c12-9-3-7(1-2-10(9)13)15-21(19,20)8-4-14-16(5-8)6-11(17)18/h1-5,15H,6H2,(H,17,18). The van der Waals surface area contributed by atoms with Gasteiger partial charge in [0.15, 0.2) is 0 Å². The van der Waals surface area contributed by atoms with E-state index in [9.17, 15) is 13.2 Å². The lowest BCUT2D eigenvalue weighted by atomic mass is 10.3. The number of rotatable bonds is 5. The van der Waals surface area contributed by atoms with Crippen molar-refractivity contribution in [3.05, 3.63) is 40.1 Å². The minimum Gasteiger partial charge on any atom is -0.480 e. The predicted molar refractivity (Wildman–Crippen MR) is 79.8 cm³/mol. The zero-order chi connectivity index (χ0) is 15.6. The molecule has 0 radical (unpaired) electrons. The molecule has 1 aromatic heterocycles. The molecule has 2 aromatic rings. The van der Waals surface area contributed by atoms with Gasteiger partial charge in [0.05, 0.1) is 16.9 Å². The highest BCUT2D eigenvalue weighted by atomic mass is 79.9. The lowest BCUT2D eigenvalue weighted by molar-refractivity contribution is -0.137. The Morgan fingerprint density at radius 1 is 1.48 bits per heavy atom. The zero-order valence-corrected chi connectivity index (χ0v) is 13.5. The van der Waals surface area contributed by atoms with Gasteiger partial charge >= 0.3 is 5.97 Å². The third-order valence-electron chi connectivity index (χ3n) is 2.39. The zero-order valence-electron chi connectivity index (χ0n) is 10.3. The van der Waals surface area contributed by atoms with Gasteiger partial charge in [0, 0.05) is 10.7 Å². The molecule has 2 N–H and O–H groups in total. The van der Waals surface area contributed by atoms with E-state index in [2.05, 4.69) is 25.8 Å². The minimum atomic E-state index is -3.85. The summed E-state index contributed by atoms with van der Waals surface area (Å²) in [6.07, 6.45) is 2.22. The quantitative estimate of drug-likeness (QED) is 0.809. The number of carboxylic acid groups (broad SMARTS) is 1. The maximum Gasteiger partial charge on any atom is 0.325 e. The van der Waals surface area contributed by atoms with Crippen molar-refractivity contribution in [2.75, 3.05) is 4.72 Å². The summed E-state index contributed by atoms with van der Waals surface area (Å²) in [6, 6.07) is 4.56. The monoisotopic (exact) mass is 393 g/mol. The highest BCUT2D eigenvalue weighted by Gasteiger charge is 2.17. The Labute approximate surface area is 133 Å². The molecule has 0 bridgehead atoms. The number of hydrogen-bond donors (Lipinski definition) is 2. The van der Waals surface area contributed by atoms with Gasteiger partial charge in [0.25, 0.3) is 10.0 Å². The number of sulfonamides is 1. The molecule has 112 valence electrons. The molecule has 1 heterocycles. The third kappa shape index (κ3) is 3.96. The van der Waals surface area contributed by atoms with Gasteiger partial charge in [-0.3, -0.25) is 14.2 Å². The van der Waals surface area contributed by atoms with E-state index in [0.717, 1.165) is 17.1 Å². The fraction of sp³-hybridized carbons (Fsp3) is 0.0909. The highest BCUT2D eigenvalue weighted by Crippen LogP contribution is 2.26. The van der Waals surface area contributed by atoms with E-state index in [1.54, 1.807) is 0 Å². The number of carboxylic acids is 1. The number of nitrogens with zero attached hydrogens (tertiary/aromatic N) is 2. The second-order valence-corrected chi connectivity index (χ2v) is 6.95. The van der Waals surface area contributed by atoms with Gasteiger partial charge in [-0.2, -0.15) is 5.10 Å². The van der Waals surface area contributed by atoms with Crippen LogP contribution in [0.2, 0.25) is 5.02 Å². The Morgan fingerprint density at radius 2 is 2.19 bits per heavy atom. The summed E-state index contributed by atoms with van der Waals surface area (Å²) in [5.41, 5.74) is 0.317. The van der Waals surface area contributed by atoms with Gasteiger partial charge in [-0.15, -0.1) is 0 Å². The highest BCUT2D eigenvalue weighted by molar-refractivity contribution is 9.10. The normalized spacial score (nSPS) is 11.3. The fourth-order valence-electron chi connectivity index (χ4n) is 1.48. The van der Waals surface area contributed by atoms with E-state index < -0.39 is 22.5 Å². The number of carbonyl (C=O) groups is 1. The molecule has 1 aromatic carbocycles. The van der Waals surface area contributed by atoms with Crippen molar-refractivity contribution < 1.29 is 18.3 Å². The lowest BCUT2D eigenvalue weighted by Gasteiger charge is -2.07. The maximum atomic E-state index is 12.1. The molecule has 2 rings (SSSR count). The molecule has 21 heavy (non-hydrogen) atoms. The van der Waals surface area contributed by atoms with Crippen LogP contribution in [0.3, 0.4) is 0 Å². The van der Waals surface area contributed by atoms with Crippen LogP contribution in [0, 0.1) is 0 Å². The van der Waals surface area contributed by atoms with Crippen molar-refractivity contribution in [3.8, 4) is 0 Å². The number of halogens is 2. The molecular formula is C11H9BrClN3O4S. The smallest absolute Gasteiger partial charge is 0.325 e. The van der Waals surface area contributed by atoms with E-state index in [1.807, 2.05) is 0 Å². The molecule has 0 saturated carbocycles. The van der Waals surface area contributed by atoms with Crippen LogP contribution >= 0.6 is 27.5 Å². The molecule has 0 amide bonds. The third-order valence-corrected chi connectivity index (χ3v) is 4.94. The SMILES string of the molecule is O=C(O)Cn1cc(S(=O)(=O)Nc2ccc(Cl)c(Br)c2)cn1. The van der Waals surface area contributed by atoms with Gasteiger partial charge < -0.3 is 5.11 Å². The minimum absolute atomic E-state index is 0.130. The van der Waals surface area contributed by atoms with Gasteiger partial charge in [0.1, 0.15) is 11.4 Å². The van der Waals surface area contributed by atoms with E-state index >= 15 is 0 Å². The first-order valence-corrected chi connectivity index (χ1v) is 8.15. The molecule has 7 nitrogen and oxygen atoms in total. The Hall–Kier alpha value is -1.58. The van der Waals surface area contributed by atoms with Crippen LogP contribution in [-0.2, 0) is 21.4 Å². The van der Waals surface area contributed by atoms with Crippen LogP contribution in [0.5, 0.6) is 0 Å². The van der Waals surface area contributed by atoms with Crippen LogP contribution in [-0.4, -0.2) is 29.3 Å². The van der Waals surface area contributed by atoms with E-state index in [0.29, 0.717) is 15.2 Å². The van der Waals surface area contributed by atoms with Crippen LogP contribution in [0.1, 0.15) is 0 Å². The number of aliphatic carboxylic acids is 1. The van der Waals surface area contributed by atoms with Gasteiger partial charge in [0.2, 0.25) is 0 Å². The number of nitrogens with one attached hydrogen (secondary N) is 1. The Kier molecular flexibility index (Phi) is 4.55. The summed E-state index contributed by atoms with van der Waals surface area (Å²) in [6.45, 7) is -0.415. The average molecular weight is 395 g/mol. The number of hydrogen-bond acceptors (Lipinski definition) is 4. The first kappa shape index (κ1) is 15.8. The van der Waals surface area contributed by atoms with Crippen molar-refractivity contribution in [2.24, 2.45) is 0 Å². The molecule has 0 saturated heterocycles. The Morgan fingerprint density at radius 3 is 2.81 bits per heavy atom. The summed E-state index contributed by atoms with van der Waals surface area (Å²) >= 11 is 9.02. The number of aromatic nitrogens is 2. The number of anilines is 1. The summed E-state index contributed by atoms with van der Waals surface area (Å²) in [7, 11) is -3.85. The van der Waals surface area contributed by atoms with Crippen LogP contribution in [0.4, 0.5) is 5.69 Å². The lowest BCUT2D eigenvalue weighted by Crippen LogP contribution is -2.13. The summed E-state index contributed by atoms with van der Waals surface area (Å²) < 4.78 is 28.2. The largest absolute Gasteiger partial charge is 0.480 e. The summed E-state index contributed by atoms with van der Waals surface area (Å²) in [4.78, 5) is 10.4. The van der Waals surface area contributed by atoms with Crippen LogP contribution in [0.15, 0.2) is 40.0 Å². The second-order valence-electron chi connectivity index (χ2n) is 4.00. The predicted octanol–water partition coefficient (Wildman–Crippen LogP) is 2.18. The first-order chi connectivity index (χ1) is 9.78. The van der Waals surface area contributed by atoms with Crippen molar-refractivity contribution in [3.63, 3.8) is 0 Å². The Balaban J connectivity index is 2.23. The molecule has 0 spiro atoms. The molecule has 0 aliphatic rings. The van der Waals surface area contributed by atoms with E-state index in [-0.39, 0.29) is 4.90 Å². The topological polar surface area (TPSA) is 101 Å². The first-order valence-electron chi connectivity index (χ1n) is 5.50. The molecule has 10 heteroatoms. The van der Waals surface area contributed by atoms with Crippen molar-refractivity contribution in [1.29, 1.82) is 0 Å². The van der Waals surface area contributed by atoms with Crippen LogP contribution < -0.4 is 4.72 Å². The molecule has 0 aliphatic heterocycles. The number of benzene rings is 1. The van der Waals surface area contributed by atoms with Crippen LogP contribution in [0.25, 0.3) is 0 Å². The van der Waals surface area contributed by atoms with Gasteiger partial charge in [-0.1, -0.05) is 11.6 Å². The second kappa shape index (κ2) is 6.04. The molecule has 0 aliphatic carbocycles. The molecule has 0 atom stereocenters. The van der Waals surface area contributed by atoms with Gasteiger partial charge in [-0.05, 0) is 34.1 Å². The van der Waals surface area contributed by atoms with Crippen molar-refractivity contribution in [2.45, 2.75) is 11.4 Å². The van der Waals surface area contributed by atoms with Crippen molar-refractivity contribution in [1.82, 2.24) is 9.78 Å². The Bertz CT molecular complexity index is 791. The fourth-order valence-corrected chi connectivity index (χ4v) is 2.98. The molecular weight excluding hydrogens is 386 g/mol. The maximum absolute atomic E-state index is 12.1. The average Bonchev–Trinajstić information content (AvgIpc) is 2.82. The van der Waals surface area contributed by atoms with E-state index in [1.165, 1.54) is 18.2 Å².